The molecule has 16 nitrogen and oxygen atoms in total. The van der Waals surface area contributed by atoms with Gasteiger partial charge in [0, 0.05) is 46.5 Å². The Morgan fingerprint density at radius 1 is 0.690 bits per heavy atom. The summed E-state index contributed by atoms with van der Waals surface area (Å²) in [6.07, 6.45) is 5.46. The third-order valence-electron chi connectivity index (χ3n) is 11.7. The number of amides is 4. The Hall–Kier alpha value is -6.06. The van der Waals surface area contributed by atoms with Crippen LogP contribution in [0.3, 0.4) is 0 Å². The maximum Gasteiger partial charge on any atom is 0.407 e. The number of carbonyl (C=O) groups excluding carboxylic acids is 4. The number of carbonyl (C=O) groups is 4. The van der Waals surface area contributed by atoms with E-state index in [4.69, 9.17) is 28.9 Å². The van der Waals surface area contributed by atoms with Crippen molar-refractivity contribution >= 4 is 24.0 Å². The van der Waals surface area contributed by atoms with E-state index in [0.29, 0.717) is 38.0 Å². The molecule has 0 radical (unpaired) electrons. The van der Waals surface area contributed by atoms with Gasteiger partial charge in [0.1, 0.15) is 48.4 Å². The summed E-state index contributed by atoms with van der Waals surface area (Å²) < 4.78 is 22.4. The fourth-order valence-corrected chi connectivity index (χ4v) is 8.68. The molecule has 2 saturated heterocycles. The van der Waals surface area contributed by atoms with Gasteiger partial charge in [-0.3, -0.25) is 9.59 Å². The summed E-state index contributed by atoms with van der Waals surface area (Å²) in [4.78, 5) is 71.4. The molecule has 0 aliphatic carbocycles. The number of H-pyrrole nitrogens is 2. The molecule has 2 fully saturated rings. The summed E-state index contributed by atoms with van der Waals surface area (Å²) >= 11 is 0. The molecule has 0 spiro atoms. The smallest absolute Gasteiger partial charge is 0.407 e. The number of ether oxygens (including phenoxy) is 4. The largest absolute Gasteiger partial charge is 0.488 e. The van der Waals surface area contributed by atoms with Gasteiger partial charge in [0.15, 0.2) is 0 Å². The third kappa shape index (κ3) is 7.08. The van der Waals surface area contributed by atoms with Gasteiger partial charge < -0.3 is 49.3 Å². The van der Waals surface area contributed by atoms with Crippen LogP contribution in [0, 0.1) is 11.8 Å². The Morgan fingerprint density at radius 2 is 1.10 bits per heavy atom. The zero-order valence-electron chi connectivity index (χ0n) is 33.6. The maximum atomic E-state index is 13.7. The molecule has 4 aromatic rings. The van der Waals surface area contributed by atoms with Crippen LogP contribution in [0.25, 0.3) is 33.6 Å². The fraction of sp³-hybridized carbons (Fsp3) is 0.476. The predicted octanol–water partition coefficient (Wildman–Crippen LogP) is 6.01. The Bertz CT molecular complexity index is 2040. The summed E-state index contributed by atoms with van der Waals surface area (Å²) in [5.41, 5.74) is 7.39. The van der Waals surface area contributed by atoms with Crippen LogP contribution >= 0.6 is 0 Å². The fourth-order valence-electron chi connectivity index (χ4n) is 8.68. The van der Waals surface area contributed by atoms with Gasteiger partial charge in [0.05, 0.1) is 50.1 Å². The standard InChI is InChI=1S/C42H50N8O8/c1-21(2)35(47-41(53)55-5)39(51)49-11-7-9-29(49)37-43-17-27(45-37)23-13-25-19-58-32-16-24(14-26-20-57-31(15-23)33(25)34(26)32)28-18-44-38(46-28)30-10-8-12-50(30)40(52)36(22(3)4)48-42(54)56-6/h13-18,21-22,29-30,35-36H,7-12,19-20H2,1-6H3,(H,43,45)(H,44,46)(H,47,53)(H,48,54)/t29-,30+,35-,36?/m0/s1. The lowest BCUT2D eigenvalue weighted by molar-refractivity contribution is -0.136. The number of methoxy groups -OCH3 is 2. The average molecular weight is 795 g/mol. The summed E-state index contributed by atoms with van der Waals surface area (Å²) in [6, 6.07) is 6.31. The first-order chi connectivity index (χ1) is 27.9. The monoisotopic (exact) mass is 794 g/mol. The highest BCUT2D eigenvalue weighted by Gasteiger charge is 2.39. The number of likely N-dealkylation sites (tertiary alicyclic amines) is 2. The molecule has 1 unspecified atom stereocenters. The van der Waals surface area contributed by atoms with Crippen LogP contribution in [0.1, 0.15) is 88.2 Å². The van der Waals surface area contributed by atoms with Crippen LogP contribution < -0.4 is 20.1 Å². The van der Waals surface area contributed by atoms with E-state index >= 15 is 0 Å². The first kappa shape index (κ1) is 38.8. The number of hydrogen-bond acceptors (Lipinski definition) is 10. The molecule has 0 bridgehead atoms. The van der Waals surface area contributed by atoms with E-state index in [1.54, 1.807) is 22.2 Å². The van der Waals surface area contributed by atoms with Crippen molar-refractivity contribution in [2.75, 3.05) is 27.3 Å². The molecule has 16 heteroatoms. The normalized spacial score (nSPS) is 19.0. The zero-order valence-corrected chi connectivity index (χ0v) is 33.6. The second-order valence-corrected chi connectivity index (χ2v) is 16.1. The zero-order chi connectivity index (χ0) is 40.8. The first-order valence-corrected chi connectivity index (χ1v) is 20.0. The van der Waals surface area contributed by atoms with E-state index in [9.17, 15) is 19.2 Å². The Kier molecular flexibility index (Phi) is 10.5. The highest BCUT2D eigenvalue weighted by molar-refractivity contribution is 5.89. The van der Waals surface area contributed by atoms with Crippen molar-refractivity contribution in [2.45, 2.75) is 90.8 Å². The first-order valence-electron chi connectivity index (χ1n) is 20.0. The Labute approximate surface area is 336 Å². The number of nitrogens with one attached hydrogen (secondary N) is 4. The number of aromatic amines is 2. The number of nitrogens with zero attached hydrogens (tertiary/aromatic N) is 4. The molecule has 4 atom stereocenters. The van der Waals surface area contributed by atoms with Gasteiger partial charge >= 0.3 is 12.2 Å². The molecule has 4 aliphatic heterocycles. The van der Waals surface area contributed by atoms with Crippen molar-refractivity contribution < 1.29 is 38.1 Å². The quantitative estimate of drug-likeness (QED) is 0.148. The van der Waals surface area contributed by atoms with E-state index < -0.39 is 24.3 Å². The topological polar surface area (TPSA) is 193 Å². The molecule has 58 heavy (non-hydrogen) atoms. The molecule has 2 aromatic carbocycles. The number of benzene rings is 2. The van der Waals surface area contributed by atoms with E-state index in [1.807, 2.05) is 39.8 Å². The van der Waals surface area contributed by atoms with Crippen molar-refractivity contribution in [3.05, 3.63) is 59.4 Å². The van der Waals surface area contributed by atoms with Crippen molar-refractivity contribution in [3.63, 3.8) is 0 Å². The molecule has 4 aliphatic rings. The molecule has 6 heterocycles. The number of imidazole rings is 2. The van der Waals surface area contributed by atoms with Crippen LogP contribution in [0.5, 0.6) is 11.5 Å². The molecule has 4 amide bonds. The number of rotatable bonds is 10. The van der Waals surface area contributed by atoms with Crippen LogP contribution in [0.2, 0.25) is 0 Å². The van der Waals surface area contributed by atoms with Gasteiger partial charge in [-0.25, -0.2) is 19.6 Å². The van der Waals surface area contributed by atoms with Crippen molar-refractivity contribution in [1.29, 1.82) is 0 Å². The minimum Gasteiger partial charge on any atom is -0.488 e. The van der Waals surface area contributed by atoms with Gasteiger partial charge in [-0.05, 0) is 61.8 Å². The van der Waals surface area contributed by atoms with Crippen molar-refractivity contribution in [1.82, 2.24) is 40.4 Å². The highest BCUT2D eigenvalue weighted by atomic mass is 16.5. The lowest BCUT2D eigenvalue weighted by atomic mass is 9.87. The maximum absolute atomic E-state index is 13.7. The SMILES string of the molecule is COC(=O)NC(C(=O)N1CCC[C@@H]1c1ncc(-c2cc3c4c(c2)OCc2cc(-c5cnc([C@@H]6CCCN6C(=O)[C@@H](NC(=O)OC)C(C)C)[nH]5)cc(c2-4)OC3)[nH]1)C(C)C. The van der Waals surface area contributed by atoms with Crippen LogP contribution in [0.4, 0.5) is 9.59 Å². The van der Waals surface area contributed by atoms with Gasteiger partial charge in [-0.1, -0.05) is 27.7 Å². The minimum absolute atomic E-state index is 0.125. The molecule has 0 saturated carbocycles. The lowest BCUT2D eigenvalue weighted by Crippen LogP contribution is -2.51. The lowest BCUT2D eigenvalue weighted by Gasteiger charge is -2.30. The van der Waals surface area contributed by atoms with E-state index in [0.717, 1.165) is 82.0 Å². The van der Waals surface area contributed by atoms with Gasteiger partial charge in [-0.2, -0.15) is 0 Å². The highest BCUT2D eigenvalue weighted by Crippen LogP contribution is 2.51. The summed E-state index contributed by atoms with van der Waals surface area (Å²) in [6.45, 7) is 9.41. The number of aromatic nitrogens is 4. The third-order valence-corrected chi connectivity index (χ3v) is 11.7. The average Bonchev–Trinajstić information content (AvgIpc) is 4.06. The van der Waals surface area contributed by atoms with Crippen molar-refractivity contribution in [2.24, 2.45) is 11.8 Å². The predicted molar refractivity (Wildman–Crippen MR) is 211 cm³/mol. The van der Waals surface area contributed by atoms with Gasteiger partial charge in [-0.15, -0.1) is 0 Å². The summed E-state index contributed by atoms with van der Waals surface area (Å²) in [7, 11) is 2.57. The number of alkyl carbamates (subject to hydrolysis) is 2. The van der Waals surface area contributed by atoms with Gasteiger partial charge in [0.25, 0.3) is 0 Å². The number of hydrogen-bond donors (Lipinski definition) is 4. The van der Waals surface area contributed by atoms with Crippen LogP contribution in [0.15, 0.2) is 36.7 Å². The molecular weight excluding hydrogens is 745 g/mol. The second-order valence-electron chi connectivity index (χ2n) is 16.1. The summed E-state index contributed by atoms with van der Waals surface area (Å²) in [5.74, 6) is 2.33. The second kappa shape index (κ2) is 15.7. The Balaban J connectivity index is 1.01. The molecule has 306 valence electrons. The minimum atomic E-state index is -0.712. The van der Waals surface area contributed by atoms with E-state index in [2.05, 4.69) is 32.7 Å². The van der Waals surface area contributed by atoms with E-state index in [1.165, 1.54) is 14.2 Å². The van der Waals surface area contributed by atoms with Crippen LogP contribution in [-0.4, -0.2) is 93.1 Å². The van der Waals surface area contributed by atoms with Crippen LogP contribution in [-0.2, 0) is 32.3 Å². The van der Waals surface area contributed by atoms with Crippen molar-refractivity contribution in [3.8, 4) is 45.1 Å². The van der Waals surface area contributed by atoms with E-state index in [-0.39, 0.29) is 35.7 Å². The Morgan fingerprint density at radius 3 is 1.48 bits per heavy atom. The van der Waals surface area contributed by atoms with Gasteiger partial charge in [0.2, 0.25) is 11.8 Å². The molecular formula is C42H50N8O8. The molecule has 8 rings (SSSR count). The molecule has 2 aromatic heterocycles. The molecule has 4 N–H and O–H groups in total. The summed E-state index contributed by atoms with van der Waals surface area (Å²) in [5, 5.41) is 5.40.